The Morgan fingerprint density at radius 2 is 1.00 bits per heavy atom. The van der Waals surface area contributed by atoms with Crippen molar-refractivity contribution in [2.45, 2.75) is 83.5 Å². The van der Waals surface area contributed by atoms with Crippen molar-refractivity contribution < 1.29 is 72.9 Å². The molecule has 1 saturated carbocycles. The van der Waals surface area contributed by atoms with Crippen LogP contribution in [0.3, 0.4) is 0 Å². The first-order valence-corrected chi connectivity index (χ1v) is 12.4. The second-order valence-corrected chi connectivity index (χ2v) is 11.8. The van der Waals surface area contributed by atoms with Gasteiger partial charge in [-0.05, 0) is 25.7 Å². The molecule has 3 fully saturated rings. The number of halogens is 3. The number of hydrogen-bond donors (Lipinski definition) is 0. The molecule has 0 radical (unpaired) electrons. The van der Waals surface area contributed by atoms with Crippen LogP contribution in [0.2, 0.25) is 19.6 Å². The third-order valence-corrected chi connectivity index (χ3v) is 4.94. The van der Waals surface area contributed by atoms with Gasteiger partial charge in [-0.1, -0.05) is 60.0 Å². The van der Waals surface area contributed by atoms with Crippen molar-refractivity contribution in [2.75, 3.05) is 26.4 Å². The van der Waals surface area contributed by atoms with Gasteiger partial charge in [0.05, 0.1) is 0 Å². The molecule has 2 heterocycles. The minimum atomic E-state index is -1.12. The molecular formula is C17H36Cl3NO2SiZr. The van der Waals surface area contributed by atoms with E-state index in [0.29, 0.717) is 0 Å². The van der Waals surface area contributed by atoms with Crippen molar-refractivity contribution in [3.8, 4) is 0 Å². The van der Waals surface area contributed by atoms with Gasteiger partial charge < -0.3 is 51.7 Å². The van der Waals surface area contributed by atoms with Crippen molar-refractivity contribution >= 4 is 8.24 Å². The topological polar surface area (TPSA) is 32.6 Å². The van der Waals surface area contributed by atoms with Crippen molar-refractivity contribution in [2.24, 2.45) is 0 Å². The maximum atomic E-state index is 4.94. The molecular weight excluding hydrogens is 476 g/mol. The minimum Gasteiger partial charge on any atom is -1.00 e. The summed E-state index contributed by atoms with van der Waals surface area (Å²) in [6.07, 6.45) is 12.1. The Morgan fingerprint density at radius 1 is 0.640 bits per heavy atom. The molecule has 8 heteroatoms. The molecule has 2 saturated heterocycles. The van der Waals surface area contributed by atoms with Crippen LogP contribution in [-0.2, 0) is 35.7 Å². The number of rotatable bonds is 2. The fourth-order valence-electron chi connectivity index (χ4n) is 2.78. The Hall–Kier alpha value is 1.85. The Bertz CT molecular complexity index is 223. The van der Waals surface area contributed by atoms with E-state index in [9.17, 15) is 0 Å². The third-order valence-electron chi connectivity index (χ3n) is 3.80. The standard InChI is InChI=1S/C9H20NSi.2C4H8O.3ClH.Zr/c1-11(2,3)10-9-7-5-4-6-8-9;2*1-2-4-5-3-1;;;;/h9H,4-8H2,1-3H3;2*1-4H2;3*1H;/q-1;;;;;;+4/p-3. The zero-order chi connectivity index (χ0) is 15.4. The van der Waals surface area contributed by atoms with E-state index in [-0.39, 0.29) is 63.4 Å². The van der Waals surface area contributed by atoms with Crippen molar-refractivity contribution in [3.05, 3.63) is 4.98 Å². The normalized spacial score (nSPS) is 19.3. The maximum absolute atomic E-state index is 4.94. The number of hydrogen-bond acceptors (Lipinski definition) is 2. The first kappa shape index (κ1) is 34.4. The molecule has 3 nitrogen and oxygen atoms in total. The summed E-state index contributed by atoms with van der Waals surface area (Å²) >= 11 is 0. The molecule has 0 N–H and O–H groups in total. The molecule has 150 valence electrons. The number of nitrogens with zero attached hydrogens (tertiary/aromatic N) is 1. The molecule has 0 spiro atoms. The van der Waals surface area contributed by atoms with Crippen molar-refractivity contribution in [3.63, 3.8) is 0 Å². The summed E-state index contributed by atoms with van der Waals surface area (Å²) in [5.41, 5.74) is 0. The number of ether oxygens (including phenoxy) is 2. The Labute approximate surface area is 195 Å². The molecule has 1 aliphatic carbocycles. The van der Waals surface area contributed by atoms with Crippen LogP contribution in [-0.4, -0.2) is 40.7 Å². The van der Waals surface area contributed by atoms with Gasteiger partial charge >= 0.3 is 26.2 Å². The SMILES string of the molecule is C1CCOC1.C1CCOC1.C[Si](C)(C)[N-]C1CCCCC1.[Cl-].[Cl-].[Cl-].[Zr+4]. The minimum absolute atomic E-state index is 0. The summed E-state index contributed by atoms with van der Waals surface area (Å²) in [6, 6.07) is 0.732. The third kappa shape index (κ3) is 23.8. The zero-order valence-electron chi connectivity index (χ0n) is 16.2. The van der Waals surface area contributed by atoms with Gasteiger partial charge in [-0.2, -0.15) is 0 Å². The van der Waals surface area contributed by atoms with Crippen molar-refractivity contribution in [1.29, 1.82) is 0 Å². The van der Waals surface area contributed by atoms with Gasteiger partial charge in [-0.15, -0.1) is 6.04 Å². The largest absolute Gasteiger partial charge is 4.00 e. The summed E-state index contributed by atoms with van der Waals surface area (Å²) in [5.74, 6) is 0. The van der Waals surface area contributed by atoms with E-state index in [4.69, 9.17) is 14.5 Å². The van der Waals surface area contributed by atoms with E-state index in [0.717, 1.165) is 32.5 Å². The van der Waals surface area contributed by atoms with Crippen LogP contribution in [0.1, 0.15) is 57.8 Å². The first-order valence-electron chi connectivity index (χ1n) is 8.95. The maximum Gasteiger partial charge on any atom is 4.00 e. The van der Waals surface area contributed by atoms with Crippen molar-refractivity contribution in [1.82, 2.24) is 0 Å². The van der Waals surface area contributed by atoms with Gasteiger partial charge in [0.2, 0.25) is 0 Å². The molecule has 2 aliphatic heterocycles. The quantitative estimate of drug-likeness (QED) is 0.355. The summed E-state index contributed by atoms with van der Waals surface area (Å²) in [6.45, 7) is 11.0. The van der Waals surface area contributed by atoms with Crippen LogP contribution < -0.4 is 37.2 Å². The van der Waals surface area contributed by atoms with Gasteiger partial charge in [0.25, 0.3) is 0 Å². The van der Waals surface area contributed by atoms with Crippen LogP contribution in [0.25, 0.3) is 4.98 Å². The van der Waals surface area contributed by atoms with E-state index in [2.05, 4.69) is 19.6 Å². The van der Waals surface area contributed by atoms with E-state index >= 15 is 0 Å². The monoisotopic (exact) mass is 509 g/mol. The van der Waals surface area contributed by atoms with Crippen LogP contribution in [0.15, 0.2) is 0 Å². The van der Waals surface area contributed by atoms with E-state index in [1.807, 2.05) is 0 Å². The second-order valence-electron chi connectivity index (χ2n) is 7.23. The fraction of sp³-hybridized carbons (Fsp3) is 1.00. The molecule has 0 aromatic rings. The molecule has 3 rings (SSSR count). The smallest absolute Gasteiger partial charge is 1.00 e. The Morgan fingerprint density at radius 3 is 1.24 bits per heavy atom. The van der Waals surface area contributed by atoms with E-state index in [1.165, 1.54) is 57.8 Å². The molecule has 0 aromatic carbocycles. The molecule has 0 amide bonds. The first-order chi connectivity index (χ1) is 10.1. The molecule has 0 aromatic heterocycles. The van der Waals surface area contributed by atoms with E-state index in [1.54, 1.807) is 0 Å². The van der Waals surface area contributed by atoms with E-state index < -0.39 is 8.24 Å². The van der Waals surface area contributed by atoms with Gasteiger partial charge in [0, 0.05) is 26.4 Å². The van der Waals surface area contributed by atoms with Crippen LogP contribution in [0, 0.1) is 0 Å². The van der Waals surface area contributed by atoms with Crippen LogP contribution in [0.4, 0.5) is 0 Å². The second kappa shape index (κ2) is 22.1. The van der Waals surface area contributed by atoms with Crippen LogP contribution >= 0.6 is 0 Å². The molecule has 0 bridgehead atoms. The average Bonchev–Trinajstić information content (AvgIpc) is 3.17. The fourth-order valence-corrected chi connectivity index (χ4v) is 4.13. The van der Waals surface area contributed by atoms with Gasteiger partial charge in [-0.25, -0.2) is 0 Å². The van der Waals surface area contributed by atoms with Gasteiger partial charge in [-0.3, -0.25) is 0 Å². The average molecular weight is 512 g/mol. The molecule has 3 aliphatic rings. The Balaban J connectivity index is -0.000000135. The van der Waals surface area contributed by atoms with Gasteiger partial charge in [0.1, 0.15) is 0 Å². The molecule has 0 unspecified atom stereocenters. The molecule has 0 atom stereocenters. The van der Waals surface area contributed by atoms with Gasteiger partial charge in [0.15, 0.2) is 0 Å². The molecule has 25 heavy (non-hydrogen) atoms. The summed E-state index contributed by atoms with van der Waals surface area (Å²) in [5, 5.41) is 0. The van der Waals surface area contributed by atoms with Crippen LogP contribution in [0.5, 0.6) is 0 Å². The predicted molar refractivity (Wildman–Crippen MR) is 93.7 cm³/mol. The summed E-state index contributed by atoms with van der Waals surface area (Å²) in [7, 11) is -1.12. The summed E-state index contributed by atoms with van der Waals surface area (Å²) < 4.78 is 9.89. The summed E-state index contributed by atoms with van der Waals surface area (Å²) in [4.78, 5) is 4.91. The Kier molecular flexibility index (Phi) is 30.4. The zero-order valence-corrected chi connectivity index (χ0v) is 21.9. The predicted octanol–water partition coefficient (Wildman–Crippen LogP) is -3.87.